The number of carbonyl (C=O) groups excluding carboxylic acids is 1. The van der Waals surface area contributed by atoms with Crippen LogP contribution in [0, 0.1) is 11.3 Å². The summed E-state index contributed by atoms with van der Waals surface area (Å²) in [6.45, 7) is 2.21. The summed E-state index contributed by atoms with van der Waals surface area (Å²) in [5.41, 5.74) is 5.23. The molecule has 4 nitrogen and oxygen atoms in total. The van der Waals surface area contributed by atoms with Crippen molar-refractivity contribution in [2.75, 3.05) is 13.6 Å². The molecule has 2 N–H and O–H groups in total. The molecule has 0 rings (SSSR count). The van der Waals surface area contributed by atoms with Gasteiger partial charge in [-0.05, 0) is 6.92 Å². The third-order valence-electron chi connectivity index (χ3n) is 1.80. The second-order valence-corrected chi connectivity index (χ2v) is 2.75. The van der Waals surface area contributed by atoms with Crippen LogP contribution in [-0.2, 0) is 4.79 Å². The van der Waals surface area contributed by atoms with E-state index < -0.39 is 0 Å². The van der Waals surface area contributed by atoms with E-state index >= 15 is 0 Å². The number of amides is 1. The zero-order valence-electron chi connectivity index (χ0n) is 7.58. The molecule has 0 aromatic carbocycles. The van der Waals surface area contributed by atoms with Crippen LogP contribution in [0.2, 0.25) is 0 Å². The Bertz CT molecular complexity index is 185. The molecule has 0 aliphatic heterocycles. The van der Waals surface area contributed by atoms with E-state index in [9.17, 15) is 4.79 Å². The fourth-order valence-electron chi connectivity index (χ4n) is 0.815. The highest BCUT2D eigenvalue weighted by molar-refractivity contribution is 5.76. The molecule has 0 bridgehead atoms. The smallest absolute Gasteiger partial charge is 0.223 e. The molecular weight excluding hydrogens is 154 g/mol. The zero-order valence-corrected chi connectivity index (χ0v) is 7.58. The second-order valence-electron chi connectivity index (χ2n) is 2.75. The summed E-state index contributed by atoms with van der Waals surface area (Å²) < 4.78 is 0. The van der Waals surface area contributed by atoms with Crippen molar-refractivity contribution in [2.24, 2.45) is 5.73 Å². The molecule has 68 valence electrons. The molecular formula is C8H15N3O. The number of carbonyl (C=O) groups is 1. The van der Waals surface area contributed by atoms with E-state index in [0.717, 1.165) is 0 Å². The van der Waals surface area contributed by atoms with Crippen molar-refractivity contribution in [2.45, 2.75) is 25.8 Å². The van der Waals surface area contributed by atoms with Gasteiger partial charge in [-0.1, -0.05) is 0 Å². The van der Waals surface area contributed by atoms with Crippen molar-refractivity contribution < 1.29 is 4.79 Å². The first-order chi connectivity index (χ1) is 5.63. The summed E-state index contributed by atoms with van der Waals surface area (Å²) in [6, 6.07) is 2.00. The van der Waals surface area contributed by atoms with Crippen LogP contribution in [0.5, 0.6) is 0 Å². The van der Waals surface area contributed by atoms with Gasteiger partial charge in [-0.25, -0.2) is 0 Å². The summed E-state index contributed by atoms with van der Waals surface area (Å²) >= 11 is 0. The lowest BCUT2D eigenvalue weighted by molar-refractivity contribution is -0.131. The average molecular weight is 169 g/mol. The van der Waals surface area contributed by atoms with Crippen LogP contribution < -0.4 is 5.73 Å². The van der Waals surface area contributed by atoms with E-state index in [1.165, 1.54) is 0 Å². The van der Waals surface area contributed by atoms with E-state index in [2.05, 4.69) is 0 Å². The van der Waals surface area contributed by atoms with Crippen molar-refractivity contribution in [1.82, 2.24) is 4.90 Å². The Hall–Kier alpha value is -1.08. The van der Waals surface area contributed by atoms with Crippen molar-refractivity contribution >= 4 is 5.91 Å². The Labute approximate surface area is 72.9 Å². The van der Waals surface area contributed by atoms with Crippen molar-refractivity contribution in [1.29, 1.82) is 5.26 Å². The van der Waals surface area contributed by atoms with Crippen LogP contribution in [0.15, 0.2) is 0 Å². The highest BCUT2D eigenvalue weighted by atomic mass is 16.2. The molecule has 0 saturated heterocycles. The van der Waals surface area contributed by atoms with Gasteiger partial charge in [-0.2, -0.15) is 5.26 Å². The number of nitriles is 1. The predicted molar refractivity (Wildman–Crippen MR) is 46.1 cm³/mol. The molecule has 0 aliphatic carbocycles. The number of hydrogen-bond acceptors (Lipinski definition) is 3. The van der Waals surface area contributed by atoms with E-state index in [0.29, 0.717) is 19.4 Å². The molecule has 0 aliphatic rings. The maximum atomic E-state index is 11.2. The number of hydrogen-bond donors (Lipinski definition) is 1. The normalized spacial score (nSPS) is 11.8. The first kappa shape index (κ1) is 10.9. The number of nitrogens with zero attached hydrogens (tertiary/aromatic N) is 2. The Morgan fingerprint density at radius 3 is 2.75 bits per heavy atom. The minimum Gasteiger partial charge on any atom is -0.342 e. The molecule has 1 amide bonds. The summed E-state index contributed by atoms with van der Waals surface area (Å²) in [7, 11) is 1.69. The largest absolute Gasteiger partial charge is 0.342 e. The topological polar surface area (TPSA) is 70.1 Å². The monoisotopic (exact) mass is 169 g/mol. The van der Waals surface area contributed by atoms with Gasteiger partial charge in [-0.15, -0.1) is 0 Å². The Morgan fingerprint density at radius 2 is 2.33 bits per heavy atom. The van der Waals surface area contributed by atoms with Gasteiger partial charge in [0.1, 0.15) is 0 Å². The lowest BCUT2D eigenvalue weighted by Gasteiger charge is -2.22. The Kier molecular flexibility index (Phi) is 5.06. The van der Waals surface area contributed by atoms with E-state index in [-0.39, 0.29) is 11.9 Å². The third-order valence-corrected chi connectivity index (χ3v) is 1.80. The van der Waals surface area contributed by atoms with Crippen LogP contribution in [-0.4, -0.2) is 30.4 Å². The van der Waals surface area contributed by atoms with Gasteiger partial charge >= 0.3 is 0 Å². The first-order valence-electron chi connectivity index (χ1n) is 3.96. The van der Waals surface area contributed by atoms with Gasteiger partial charge in [0.2, 0.25) is 5.91 Å². The number of nitrogens with two attached hydrogens (primary N) is 1. The maximum absolute atomic E-state index is 11.2. The summed E-state index contributed by atoms with van der Waals surface area (Å²) in [6.07, 6.45) is 0.721. The lowest BCUT2D eigenvalue weighted by Crippen LogP contribution is -2.35. The fourth-order valence-corrected chi connectivity index (χ4v) is 0.815. The third kappa shape index (κ3) is 3.35. The minimum atomic E-state index is -0.0194. The van der Waals surface area contributed by atoms with E-state index in [4.69, 9.17) is 11.0 Å². The molecule has 1 unspecified atom stereocenters. The summed E-state index contributed by atoms with van der Waals surface area (Å²) in [4.78, 5) is 12.8. The van der Waals surface area contributed by atoms with E-state index in [1.54, 1.807) is 11.9 Å². The predicted octanol–water partition coefficient (Wildman–Crippen LogP) is 0.0958. The minimum absolute atomic E-state index is 0.000231. The standard InChI is InChI=1S/C8H15N3O/c1-7(3-5-9)11(2)8(12)4-6-10/h7H,3-4,6,10H2,1-2H3. The van der Waals surface area contributed by atoms with E-state index in [1.807, 2.05) is 13.0 Å². The van der Waals surface area contributed by atoms with Gasteiger partial charge in [0.15, 0.2) is 0 Å². The quantitative estimate of drug-likeness (QED) is 0.648. The summed E-state index contributed by atoms with van der Waals surface area (Å²) in [5.74, 6) is 0.000231. The average Bonchev–Trinajstić information content (AvgIpc) is 2.04. The molecule has 0 saturated carbocycles. The summed E-state index contributed by atoms with van der Waals surface area (Å²) in [5, 5.41) is 8.38. The van der Waals surface area contributed by atoms with Crippen molar-refractivity contribution in [3.8, 4) is 6.07 Å². The van der Waals surface area contributed by atoms with Crippen LogP contribution in [0.4, 0.5) is 0 Å². The molecule has 12 heavy (non-hydrogen) atoms. The van der Waals surface area contributed by atoms with Crippen LogP contribution in [0.25, 0.3) is 0 Å². The highest BCUT2D eigenvalue weighted by Crippen LogP contribution is 2.01. The van der Waals surface area contributed by atoms with Gasteiger partial charge in [0, 0.05) is 26.1 Å². The number of rotatable bonds is 4. The van der Waals surface area contributed by atoms with Crippen LogP contribution >= 0.6 is 0 Å². The molecule has 0 aromatic heterocycles. The molecule has 0 aromatic rings. The molecule has 1 atom stereocenters. The maximum Gasteiger partial charge on any atom is 0.223 e. The fraction of sp³-hybridized carbons (Fsp3) is 0.750. The van der Waals surface area contributed by atoms with Crippen molar-refractivity contribution in [3.05, 3.63) is 0 Å². The Balaban J connectivity index is 3.92. The molecule has 0 heterocycles. The first-order valence-corrected chi connectivity index (χ1v) is 3.96. The van der Waals surface area contributed by atoms with Gasteiger partial charge < -0.3 is 10.6 Å². The van der Waals surface area contributed by atoms with Crippen LogP contribution in [0.1, 0.15) is 19.8 Å². The Morgan fingerprint density at radius 1 is 1.75 bits per heavy atom. The highest BCUT2D eigenvalue weighted by Gasteiger charge is 2.13. The molecule has 4 heteroatoms. The molecule has 0 radical (unpaired) electrons. The van der Waals surface area contributed by atoms with Gasteiger partial charge in [0.25, 0.3) is 0 Å². The molecule has 0 spiro atoms. The van der Waals surface area contributed by atoms with Crippen LogP contribution in [0.3, 0.4) is 0 Å². The molecule has 0 fully saturated rings. The zero-order chi connectivity index (χ0) is 9.56. The van der Waals surface area contributed by atoms with Gasteiger partial charge in [-0.3, -0.25) is 4.79 Å². The van der Waals surface area contributed by atoms with Crippen molar-refractivity contribution in [3.63, 3.8) is 0 Å². The van der Waals surface area contributed by atoms with Gasteiger partial charge in [0.05, 0.1) is 12.5 Å². The second kappa shape index (κ2) is 5.56. The lowest BCUT2D eigenvalue weighted by atomic mass is 10.2. The SMILES string of the molecule is CC(CC#N)N(C)C(=O)CCN.